The van der Waals surface area contributed by atoms with Gasteiger partial charge in [0, 0.05) is 12.3 Å². The third kappa shape index (κ3) is 2.42. The monoisotopic (exact) mass is 228 g/mol. The summed E-state index contributed by atoms with van der Waals surface area (Å²) < 4.78 is 5.07. The Morgan fingerprint density at radius 3 is 2.94 bits per heavy atom. The van der Waals surface area contributed by atoms with Crippen LogP contribution in [-0.4, -0.2) is 10.1 Å². The molecule has 2 aromatic heterocycles. The normalized spacial score (nSPS) is 9.94. The van der Waals surface area contributed by atoms with Gasteiger partial charge in [0.25, 0.3) is 0 Å². The summed E-state index contributed by atoms with van der Waals surface area (Å²) >= 11 is 0. The highest BCUT2D eigenvalue weighted by atomic mass is 16.5. The summed E-state index contributed by atoms with van der Waals surface area (Å²) in [4.78, 5) is 4.14. The predicted octanol–water partition coefficient (Wildman–Crippen LogP) is 2.17. The molecule has 1 N–H and O–H groups in total. The highest BCUT2D eigenvalue weighted by Crippen LogP contribution is 2.16. The maximum atomic E-state index is 9.03. The molecular weight excluding hydrogens is 216 g/mol. The van der Waals surface area contributed by atoms with Crippen molar-refractivity contribution in [3.8, 4) is 6.07 Å². The minimum absolute atomic E-state index is 0.464. The minimum Gasteiger partial charge on any atom is -0.362 e. The fourth-order valence-electron chi connectivity index (χ4n) is 1.50. The predicted molar refractivity (Wildman–Crippen MR) is 62.3 cm³/mol. The van der Waals surface area contributed by atoms with E-state index in [2.05, 4.69) is 21.5 Å². The zero-order chi connectivity index (χ0) is 12.3. The van der Waals surface area contributed by atoms with E-state index in [0.717, 1.165) is 17.0 Å². The number of hydrogen-bond acceptors (Lipinski definition) is 5. The molecule has 2 heterocycles. The summed E-state index contributed by atoms with van der Waals surface area (Å²) in [7, 11) is 0. The van der Waals surface area contributed by atoms with E-state index in [9.17, 15) is 0 Å². The van der Waals surface area contributed by atoms with Gasteiger partial charge in [-0.3, -0.25) is 0 Å². The molecule has 0 unspecified atom stereocenters. The average molecular weight is 228 g/mol. The molecule has 0 radical (unpaired) electrons. The molecule has 0 saturated heterocycles. The van der Waals surface area contributed by atoms with Crippen molar-refractivity contribution >= 4 is 5.82 Å². The number of aromatic nitrogens is 2. The number of nitrogens with one attached hydrogen (secondary N) is 1. The van der Waals surface area contributed by atoms with E-state index in [4.69, 9.17) is 9.78 Å². The van der Waals surface area contributed by atoms with Crippen LogP contribution in [-0.2, 0) is 6.54 Å². The molecule has 0 fully saturated rings. The van der Waals surface area contributed by atoms with Gasteiger partial charge < -0.3 is 9.84 Å². The molecule has 0 aliphatic rings. The fourth-order valence-corrected chi connectivity index (χ4v) is 1.50. The van der Waals surface area contributed by atoms with Crippen molar-refractivity contribution in [1.29, 1.82) is 5.26 Å². The van der Waals surface area contributed by atoms with Crippen molar-refractivity contribution in [3.05, 3.63) is 40.9 Å². The quantitative estimate of drug-likeness (QED) is 0.871. The van der Waals surface area contributed by atoms with E-state index in [1.54, 1.807) is 6.20 Å². The summed E-state index contributed by atoms with van der Waals surface area (Å²) in [5.41, 5.74) is 2.29. The summed E-state index contributed by atoms with van der Waals surface area (Å²) in [6.07, 6.45) is 1.67. The van der Waals surface area contributed by atoms with E-state index >= 15 is 0 Å². The van der Waals surface area contributed by atoms with Crippen molar-refractivity contribution in [2.75, 3.05) is 5.32 Å². The van der Waals surface area contributed by atoms with E-state index in [1.165, 1.54) is 0 Å². The van der Waals surface area contributed by atoms with Gasteiger partial charge >= 0.3 is 0 Å². The Labute approximate surface area is 99.1 Å². The molecular formula is C12H12N4O. The molecule has 5 nitrogen and oxygen atoms in total. The van der Waals surface area contributed by atoms with Gasteiger partial charge in [-0.05, 0) is 25.5 Å². The van der Waals surface area contributed by atoms with Crippen LogP contribution in [0.5, 0.6) is 0 Å². The lowest BCUT2D eigenvalue weighted by atomic mass is 10.1. The van der Waals surface area contributed by atoms with Crippen molar-refractivity contribution in [2.24, 2.45) is 0 Å². The Morgan fingerprint density at radius 2 is 2.29 bits per heavy atom. The van der Waals surface area contributed by atoms with Crippen LogP contribution in [0.4, 0.5) is 5.82 Å². The molecule has 0 bridgehead atoms. The standard InChI is InChI=1S/C12H12N4O/c1-8-3-4-14-12(11(8)6-13)15-7-10-5-9(2)16-17-10/h3-5H,7H2,1-2H3,(H,14,15). The van der Waals surface area contributed by atoms with Gasteiger partial charge in [0.1, 0.15) is 11.9 Å². The molecule has 2 aromatic rings. The molecule has 17 heavy (non-hydrogen) atoms. The molecule has 0 aromatic carbocycles. The van der Waals surface area contributed by atoms with Gasteiger partial charge in [0.15, 0.2) is 5.76 Å². The van der Waals surface area contributed by atoms with E-state index in [1.807, 2.05) is 26.0 Å². The van der Waals surface area contributed by atoms with Crippen molar-refractivity contribution < 1.29 is 4.52 Å². The zero-order valence-corrected chi connectivity index (χ0v) is 9.69. The van der Waals surface area contributed by atoms with Gasteiger partial charge in [0.05, 0.1) is 17.8 Å². The number of nitriles is 1. The zero-order valence-electron chi connectivity index (χ0n) is 9.69. The molecule has 0 aliphatic carbocycles. The average Bonchev–Trinajstić information content (AvgIpc) is 2.72. The SMILES string of the molecule is Cc1cc(CNc2nccc(C)c2C#N)on1. The number of nitrogens with zero attached hydrogens (tertiary/aromatic N) is 3. The molecule has 5 heteroatoms. The molecule has 0 aliphatic heterocycles. The van der Waals surface area contributed by atoms with Crippen LogP contribution in [0.1, 0.15) is 22.6 Å². The third-order valence-electron chi connectivity index (χ3n) is 2.38. The second kappa shape index (κ2) is 4.66. The maximum Gasteiger partial charge on any atom is 0.156 e. The van der Waals surface area contributed by atoms with Gasteiger partial charge in [-0.1, -0.05) is 5.16 Å². The molecule has 0 atom stereocenters. The maximum absolute atomic E-state index is 9.03. The molecule has 2 rings (SSSR count). The van der Waals surface area contributed by atoms with Crippen LogP contribution in [0.15, 0.2) is 22.9 Å². The lowest BCUT2D eigenvalue weighted by Crippen LogP contribution is -2.03. The number of pyridine rings is 1. The largest absolute Gasteiger partial charge is 0.362 e. The molecule has 86 valence electrons. The lowest BCUT2D eigenvalue weighted by Gasteiger charge is -2.06. The summed E-state index contributed by atoms with van der Waals surface area (Å²) in [6.45, 7) is 4.20. The Kier molecular flexibility index (Phi) is 3.06. The topological polar surface area (TPSA) is 74.7 Å². The van der Waals surface area contributed by atoms with Crippen LogP contribution in [0.25, 0.3) is 0 Å². The van der Waals surface area contributed by atoms with Crippen LogP contribution in [0.3, 0.4) is 0 Å². The molecule has 0 saturated carbocycles. The number of aryl methyl sites for hydroxylation is 2. The fraction of sp³-hybridized carbons (Fsp3) is 0.250. The van der Waals surface area contributed by atoms with E-state index in [0.29, 0.717) is 17.9 Å². The van der Waals surface area contributed by atoms with E-state index in [-0.39, 0.29) is 0 Å². The first kappa shape index (κ1) is 11.1. The smallest absolute Gasteiger partial charge is 0.156 e. The summed E-state index contributed by atoms with van der Waals surface area (Å²) in [5.74, 6) is 1.29. The highest BCUT2D eigenvalue weighted by molar-refractivity contribution is 5.55. The van der Waals surface area contributed by atoms with Crippen LogP contribution >= 0.6 is 0 Å². The van der Waals surface area contributed by atoms with Gasteiger partial charge in [0.2, 0.25) is 0 Å². The Morgan fingerprint density at radius 1 is 1.47 bits per heavy atom. The first-order valence-corrected chi connectivity index (χ1v) is 5.22. The van der Waals surface area contributed by atoms with Crippen LogP contribution < -0.4 is 5.32 Å². The Hall–Kier alpha value is -2.35. The number of anilines is 1. The second-order valence-corrected chi connectivity index (χ2v) is 3.75. The summed E-state index contributed by atoms with van der Waals surface area (Å²) in [6, 6.07) is 5.78. The van der Waals surface area contributed by atoms with Crippen molar-refractivity contribution in [1.82, 2.24) is 10.1 Å². The summed E-state index contributed by atoms with van der Waals surface area (Å²) in [5, 5.41) is 15.9. The minimum atomic E-state index is 0.464. The number of rotatable bonds is 3. The van der Waals surface area contributed by atoms with Gasteiger partial charge in [-0.25, -0.2) is 4.98 Å². The Bertz CT molecular complexity index is 568. The first-order valence-electron chi connectivity index (χ1n) is 5.22. The lowest BCUT2D eigenvalue weighted by molar-refractivity contribution is 0.384. The van der Waals surface area contributed by atoms with Crippen LogP contribution in [0, 0.1) is 25.2 Å². The Balaban J connectivity index is 2.14. The third-order valence-corrected chi connectivity index (χ3v) is 2.38. The van der Waals surface area contributed by atoms with Crippen molar-refractivity contribution in [2.45, 2.75) is 20.4 Å². The number of hydrogen-bond donors (Lipinski definition) is 1. The first-order chi connectivity index (χ1) is 8.20. The second-order valence-electron chi connectivity index (χ2n) is 3.75. The molecule has 0 amide bonds. The van der Waals surface area contributed by atoms with E-state index < -0.39 is 0 Å². The van der Waals surface area contributed by atoms with Gasteiger partial charge in [-0.2, -0.15) is 5.26 Å². The molecule has 0 spiro atoms. The van der Waals surface area contributed by atoms with Crippen molar-refractivity contribution in [3.63, 3.8) is 0 Å². The highest BCUT2D eigenvalue weighted by Gasteiger charge is 2.07. The van der Waals surface area contributed by atoms with Crippen LogP contribution in [0.2, 0.25) is 0 Å². The van der Waals surface area contributed by atoms with Gasteiger partial charge in [-0.15, -0.1) is 0 Å².